The Morgan fingerprint density at radius 2 is 2.28 bits per heavy atom. The molecule has 1 aliphatic rings. The highest BCUT2D eigenvalue weighted by atomic mass is 16.2. The van der Waals surface area contributed by atoms with Crippen LogP contribution in [0.5, 0.6) is 0 Å². The maximum absolute atomic E-state index is 12.0. The smallest absolute Gasteiger partial charge is 0.230 e. The van der Waals surface area contributed by atoms with E-state index in [1.807, 2.05) is 6.92 Å². The summed E-state index contributed by atoms with van der Waals surface area (Å²) in [5.74, 6) is -1.20. The summed E-state index contributed by atoms with van der Waals surface area (Å²) in [7, 11) is 1.76. The van der Waals surface area contributed by atoms with Crippen molar-refractivity contribution in [3.8, 4) is 0 Å². The standard InChI is InChI=1S/C12H15N3O3/c1-7-5-9(14-15(7)2)10(16)6-8-3-4-11(17)13-12(8)18/h5,8H,3-4,6H2,1-2H3,(H,13,17,18). The van der Waals surface area contributed by atoms with E-state index >= 15 is 0 Å². The summed E-state index contributed by atoms with van der Waals surface area (Å²) < 4.78 is 1.62. The van der Waals surface area contributed by atoms with Crippen molar-refractivity contribution in [1.82, 2.24) is 15.1 Å². The number of hydrogen-bond acceptors (Lipinski definition) is 4. The Bertz CT molecular complexity index is 499. The van der Waals surface area contributed by atoms with Gasteiger partial charge < -0.3 is 0 Å². The fourth-order valence-corrected chi connectivity index (χ4v) is 1.96. The number of amides is 2. The van der Waals surface area contributed by atoms with Crippen molar-refractivity contribution in [1.29, 1.82) is 0 Å². The van der Waals surface area contributed by atoms with Crippen molar-refractivity contribution in [2.24, 2.45) is 13.0 Å². The number of carbonyl (C=O) groups excluding carboxylic acids is 3. The van der Waals surface area contributed by atoms with E-state index < -0.39 is 5.92 Å². The minimum atomic E-state index is -0.419. The summed E-state index contributed by atoms with van der Waals surface area (Å²) in [5, 5.41) is 6.33. The molecule has 0 radical (unpaired) electrons. The van der Waals surface area contributed by atoms with Crippen molar-refractivity contribution in [2.75, 3.05) is 0 Å². The van der Waals surface area contributed by atoms with Gasteiger partial charge in [0.1, 0.15) is 5.69 Å². The molecule has 1 aromatic heterocycles. The highest BCUT2D eigenvalue weighted by Crippen LogP contribution is 2.18. The summed E-state index contributed by atoms with van der Waals surface area (Å²) in [5.41, 5.74) is 1.27. The van der Waals surface area contributed by atoms with Crippen LogP contribution in [0.1, 0.15) is 35.4 Å². The first-order valence-corrected chi connectivity index (χ1v) is 5.85. The molecule has 1 N–H and O–H groups in total. The normalized spacial score (nSPS) is 19.8. The Balaban J connectivity index is 2.03. The number of ketones is 1. The molecule has 2 rings (SSSR count). The number of aromatic nitrogens is 2. The number of nitrogens with one attached hydrogen (secondary N) is 1. The maximum atomic E-state index is 12.0. The van der Waals surface area contributed by atoms with E-state index in [-0.39, 0.29) is 24.0 Å². The zero-order chi connectivity index (χ0) is 13.3. The molecule has 1 saturated heterocycles. The van der Waals surface area contributed by atoms with Crippen LogP contribution in [0.4, 0.5) is 0 Å². The van der Waals surface area contributed by atoms with E-state index in [4.69, 9.17) is 0 Å². The first kappa shape index (κ1) is 12.5. The number of Topliss-reactive ketones (excluding diaryl/α,β-unsaturated/α-hetero) is 1. The number of carbonyl (C=O) groups is 3. The Kier molecular flexibility index (Phi) is 3.27. The molecule has 2 heterocycles. The number of nitrogens with zero attached hydrogens (tertiary/aromatic N) is 2. The molecular weight excluding hydrogens is 234 g/mol. The van der Waals surface area contributed by atoms with Crippen LogP contribution in [0.3, 0.4) is 0 Å². The van der Waals surface area contributed by atoms with Crippen LogP contribution < -0.4 is 5.32 Å². The predicted octanol–water partition coefficient (Wildman–Crippen LogP) is 0.354. The third-order valence-corrected chi connectivity index (χ3v) is 3.18. The Morgan fingerprint density at radius 1 is 1.56 bits per heavy atom. The van der Waals surface area contributed by atoms with E-state index in [2.05, 4.69) is 10.4 Å². The average molecular weight is 249 g/mol. The van der Waals surface area contributed by atoms with Gasteiger partial charge in [0.05, 0.1) is 0 Å². The van der Waals surface area contributed by atoms with Gasteiger partial charge in [-0.2, -0.15) is 5.10 Å². The van der Waals surface area contributed by atoms with Crippen molar-refractivity contribution in [2.45, 2.75) is 26.2 Å². The van der Waals surface area contributed by atoms with Gasteiger partial charge in [0.15, 0.2) is 5.78 Å². The third-order valence-electron chi connectivity index (χ3n) is 3.18. The molecule has 96 valence electrons. The van der Waals surface area contributed by atoms with Gasteiger partial charge in [0, 0.05) is 31.5 Å². The van der Waals surface area contributed by atoms with Crippen LogP contribution in [-0.2, 0) is 16.6 Å². The number of imide groups is 1. The first-order chi connectivity index (χ1) is 8.47. The molecule has 0 aliphatic carbocycles. The second-order valence-electron chi connectivity index (χ2n) is 4.57. The van der Waals surface area contributed by atoms with E-state index in [1.54, 1.807) is 17.8 Å². The molecule has 18 heavy (non-hydrogen) atoms. The number of aryl methyl sites for hydroxylation is 2. The second kappa shape index (κ2) is 4.72. The fourth-order valence-electron chi connectivity index (χ4n) is 1.96. The van der Waals surface area contributed by atoms with Crippen LogP contribution in [0, 0.1) is 12.8 Å². The monoisotopic (exact) mass is 249 g/mol. The Morgan fingerprint density at radius 3 is 2.83 bits per heavy atom. The molecular formula is C12H15N3O3. The largest absolute Gasteiger partial charge is 0.296 e. The zero-order valence-electron chi connectivity index (χ0n) is 10.4. The maximum Gasteiger partial charge on any atom is 0.230 e. The number of piperidine rings is 1. The molecule has 1 aliphatic heterocycles. The molecule has 1 atom stereocenters. The van der Waals surface area contributed by atoms with Crippen LogP contribution >= 0.6 is 0 Å². The van der Waals surface area contributed by atoms with Crippen molar-refractivity contribution < 1.29 is 14.4 Å². The molecule has 0 spiro atoms. The Labute approximate surface area is 104 Å². The lowest BCUT2D eigenvalue weighted by Crippen LogP contribution is -2.41. The van der Waals surface area contributed by atoms with Crippen LogP contribution in [0.2, 0.25) is 0 Å². The molecule has 0 bridgehead atoms. The van der Waals surface area contributed by atoms with E-state index in [9.17, 15) is 14.4 Å². The molecule has 6 nitrogen and oxygen atoms in total. The average Bonchev–Trinajstić information content (AvgIpc) is 2.63. The minimum Gasteiger partial charge on any atom is -0.296 e. The lowest BCUT2D eigenvalue weighted by Gasteiger charge is -2.19. The van der Waals surface area contributed by atoms with Gasteiger partial charge in [-0.15, -0.1) is 0 Å². The lowest BCUT2D eigenvalue weighted by atomic mass is 9.92. The van der Waals surface area contributed by atoms with Crippen molar-refractivity contribution >= 4 is 17.6 Å². The van der Waals surface area contributed by atoms with E-state index in [1.165, 1.54) is 0 Å². The van der Waals surface area contributed by atoms with Gasteiger partial charge in [-0.1, -0.05) is 0 Å². The SMILES string of the molecule is Cc1cc(C(=O)CC2CCC(=O)NC2=O)nn1C. The molecule has 2 amide bonds. The van der Waals surface area contributed by atoms with E-state index in [0.717, 1.165) is 5.69 Å². The minimum absolute atomic E-state index is 0.107. The van der Waals surface area contributed by atoms with Gasteiger partial charge >= 0.3 is 0 Å². The highest BCUT2D eigenvalue weighted by molar-refractivity contribution is 6.02. The lowest BCUT2D eigenvalue weighted by molar-refractivity contribution is -0.136. The van der Waals surface area contributed by atoms with Crippen LogP contribution in [-0.4, -0.2) is 27.4 Å². The number of hydrogen-bond donors (Lipinski definition) is 1. The van der Waals surface area contributed by atoms with Gasteiger partial charge in [-0.05, 0) is 19.4 Å². The van der Waals surface area contributed by atoms with Crippen molar-refractivity contribution in [3.63, 3.8) is 0 Å². The summed E-state index contributed by atoms with van der Waals surface area (Å²) in [4.78, 5) is 34.5. The molecule has 0 aromatic carbocycles. The summed E-state index contributed by atoms with van der Waals surface area (Å²) >= 11 is 0. The zero-order valence-corrected chi connectivity index (χ0v) is 10.4. The van der Waals surface area contributed by atoms with Gasteiger partial charge in [0.2, 0.25) is 11.8 Å². The second-order valence-corrected chi connectivity index (χ2v) is 4.57. The highest BCUT2D eigenvalue weighted by Gasteiger charge is 2.29. The van der Waals surface area contributed by atoms with Gasteiger partial charge in [-0.3, -0.25) is 24.4 Å². The topological polar surface area (TPSA) is 81.1 Å². The summed E-state index contributed by atoms with van der Waals surface area (Å²) in [6, 6.07) is 1.70. The van der Waals surface area contributed by atoms with Gasteiger partial charge in [0.25, 0.3) is 0 Å². The third kappa shape index (κ3) is 2.47. The molecule has 6 heteroatoms. The molecule has 0 saturated carbocycles. The van der Waals surface area contributed by atoms with Gasteiger partial charge in [-0.25, -0.2) is 0 Å². The first-order valence-electron chi connectivity index (χ1n) is 5.85. The predicted molar refractivity (Wildman–Crippen MR) is 62.8 cm³/mol. The quantitative estimate of drug-likeness (QED) is 0.619. The molecule has 1 aromatic rings. The molecule has 1 unspecified atom stereocenters. The summed E-state index contributed by atoms with van der Waals surface area (Å²) in [6.07, 6.45) is 0.836. The fraction of sp³-hybridized carbons (Fsp3) is 0.500. The number of rotatable bonds is 3. The summed E-state index contributed by atoms with van der Waals surface area (Å²) in [6.45, 7) is 1.86. The van der Waals surface area contributed by atoms with E-state index in [0.29, 0.717) is 18.5 Å². The Hall–Kier alpha value is -1.98. The van der Waals surface area contributed by atoms with Crippen LogP contribution in [0.25, 0.3) is 0 Å². The van der Waals surface area contributed by atoms with Crippen molar-refractivity contribution in [3.05, 3.63) is 17.5 Å². The van der Waals surface area contributed by atoms with Crippen LogP contribution in [0.15, 0.2) is 6.07 Å². The molecule has 1 fully saturated rings.